The number of amides is 2. The standard InChI is InChI=1S/C20H22N2O3/c23-18(15-7-2-1-3-8-15)14-19(24)21-17-10-6-9-16(13-17)20(25)22-11-4-5-12-22/h1-3,6-10,13,18,23H,4-5,11-12,14H2,(H,21,24). The highest BCUT2D eigenvalue weighted by Crippen LogP contribution is 2.19. The van der Waals surface area contributed by atoms with Gasteiger partial charge in [0.05, 0.1) is 12.5 Å². The fraction of sp³-hybridized carbons (Fsp3) is 0.300. The third-order valence-electron chi connectivity index (χ3n) is 4.35. The van der Waals surface area contributed by atoms with Gasteiger partial charge in [0.15, 0.2) is 0 Å². The van der Waals surface area contributed by atoms with Crippen LogP contribution in [-0.4, -0.2) is 34.9 Å². The van der Waals surface area contributed by atoms with Gasteiger partial charge in [-0.1, -0.05) is 36.4 Å². The van der Waals surface area contributed by atoms with Crippen LogP contribution in [0.4, 0.5) is 5.69 Å². The predicted octanol–water partition coefficient (Wildman–Crippen LogP) is 2.98. The van der Waals surface area contributed by atoms with Crippen molar-refractivity contribution >= 4 is 17.5 Å². The van der Waals surface area contributed by atoms with Gasteiger partial charge in [-0.2, -0.15) is 0 Å². The van der Waals surface area contributed by atoms with Crippen molar-refractivity contribution < 1.29 is 14.7 Å². The van der Waals surface area contributed by atoms with Crippen LogP contribution in [0.1, 0.15) is 41.3 Å². The molecule has 0 radical (unpaired) electrons. The lowest BCUT2D eigenvalue weighted by Gasteiger charge is -2.16. The van der Waals surface area contributed by atoms with E-state index < -0.39 is 6.10 Å². The maximum Gasteiger partial charge on any atom is 0.253 e. The molecule has 0 saturated carbocycles. The number of carbonyl (C=O) groups excluding carboxylic acids is 2. The number of hydrogen-bond acceptors (Lipinski definition) is 3. The Kier molecular flexibility index (Phi) is 5.46. The van der Waals surface area contributed by atoms with Gasteiger partial charge in [-0.25, -0.2) is 0 Å². The fourth-order valence-corrected chi connectivity index (χ4v) is 3.01. The minimum Gasteiger partial charge on any atom is -0.388 e. The Bertz CT molecular complexity index is 740. The van der Waals surface area contributed by atoms with E-state index in [-0.39, 0.29) is 18.2 Å². The number of nitrogens with zero attached hydrogens (tertiary/aromatic N) is 1. The van der Waals surface area contributed by atoms with E-state index in [1.807, 2.05) is 23.1 Å². The van der Waals surface area contributed by atoms with Gasteiger partial charge >= 0.3 is 0 Å². The zero-order valence-corrected chi connectivity index (χ0v) is 14.0. The van der Waals surface area contributed by atoms with Crippen molar-refractivity contribution in [1.82, 2.24) is 4.90 Å². The normalized spacial score (nSPS) is 15.0. The molecule has 0 aromatic heterocycles. The maximum atomic E-state index is 12.4. The summed E-state index contributed by atoms with van der Waals surface area (Å²) in [6, 6.07) is 16.0. The van der Waals surface area contributed by atoms with Crippen LogP contribution in [-0.2, 0) is 4.79 Å². The van der Waals surface area contributed by atoms with E-state index in [2.05, 4.69) is 5.32 Å². The molecule has 3 rings (SSSR count). The van der Waals surface area contributed by atoms with E-state index in [9.17, 15) is 14.7 Å². The number of anilines is 1. The van der Waals surface area contributed by atoms with Gasteiger partial charge in [0.25, 0.3) is 5.91 Å². The summed E-state index contributed by atoms with van der Waals surface area (Å²) in [5.41, 5.74) is 1.84. The molecule has 1 atom stereocenters. The number of hydrogen-bond donors (Lipinski definition) is 2. The SMILES string of the molecule is O=C(CC(O)c1ccccc1)Nc1cccc(C(=O)N2CCCC2)c1. The lowest BCUT2D eigenvalue weighted by molar-refractivity contribution is -0.118. The van der Waals surface area contributed by atoms with E-state index in [1.165, 1.54) is 0 Å². The Balaban J connectivity index is 1.61. The number of carbonyl (C=O) groups is 2. The van der Waals surface area contributed by atoms with Crippen molar-refractivity contribution in [2.75, 3.05) is 18.4 Å². The topological polar surface area (TPSA) is 69.6 Å². The summed E-state index contributed by atoms with van der Waals surface area (Å²) in [6.07, 6.45) is 1.20. The highest BCUT2D eigenvalue weighted by atomic mass is 16.3. The molecular formula is C20H22N2O3. The average molecular weight is 338 g/mol. The summed E-state index contributed by atoms with van der Waals surface area (Å²) in [6.45, 7) is 1.58. The van der Waals surface area contributed by atoms with Crippen molar-refractivity contribution in [3.8, 4) is 0 Å². The van der Waals surface area contributed by atoms with Crippen LogP contribution in [0.2, 0.25) is 0 Å². The van der Waals surface area contributed by atoms with Crippen LogP contribution in [0.5, 0.6) is 0 Å². The zero-order chi connectivity index (χ0) is 17.6. The van der Waals surface area contributed by atoms with Crippen molar-refractivity contribution in [2.24, 2.45) is 0 Å². The molecule has 2 aromatic carbocycles. The largest absolute Gasteiger partial charge is 0.388 e. The minimum absolute atomic E-state index is 0.00193. The highest BCUT2D eigenvalue weighted by molar-refractivity contribution is 5.97. The van der Waals surface area contributed by atoms with E-state index in [4.69, 9.17) is 0 Å². The molecule has 0 spiro atoms. The molecule has 1 unspecified atom stereocenters. The molecule has 1 heterocycles. The van der Waals surface area contributed by atoms with Gasteiger partial charge in [0.2, 0.25) is 5.91 Å². The Morgan fingerprint density at radius 1 is 1.04 bits per heavy atom. The van der Waals surface area contributed by atoms with Crippen LogP contribution >= 0.6 is 0 Å². The monoisotopic (exact) mass is 338 g/mol. The second-order valence-corrected chi connectivity index (χ2v) is 6.26. The second kappa shape index (κ2) is 7.94. The summed E-state index contributed by atoms with van der Waals surface area (Å²) < 4.78 is 0. The number of benzene rings is 2. The number of aliphatic hydroxyl groups is 1. The molecule has 0 aliphatic carbocycles. The number of rotatable bonds is 5. The zero-order valence-electron chi connectivity index (χ0n) is 14.0. The molecule has 2 amide bonds. The van der Waals surface area contributed by atoms with Gasteiger partial charge in [-0.15, -0.1) is 0 Å². The molecule has 2 N–H and O–H groups in total. The summed E-state index contributed by atoms with van der Waals surface area (Å²) >= 11 is 0. The summed E-state index contributed by atoms with van der Waals surface area (Å²) in [5, 5.41) is 12.9. The molecule has 130 valence electrons. The lowest BCUT2D eigenvalue weighted by Crippen LogP contribution is -2.27. The summed E-state index contributed by atoms with van der Waals surface area (Å²) in [7, 11) is 0. The molecule has 5 nitrogen and oxygen atoms in total. The molecule has 5 heteroatoms. The molecule has 25 heavy (non-hydrogen) atoms. The quantitative estimate of drug-likeness (QED) is 0.880. The fourth-order valence-electron chi connectivity index (χ4n) is 3.01. The number of nitrogens with one attached hydrogen (secondary N) is 1. The van der Waals surface area contributed by atoms with Gasteiger partial charge < -0.3 is 15.3 Å². The first-order valence-electron chi connectivity index (χ1n) is 8.56. The van der Waals surface area contributed by atoms with Gasteiger partial charge in [0, 0.05) is 24.3 Å². The third-order valence-corrected chi connectivity index (χ3v) is 4.35. The third kappa shape index (κ3) is 4.45. The Morgan fingerprint density at radius 3 is 2.48 bits per heavy atom. The van der Waals surface area contributed by atoms with Crippen LogP contribution in [0.3, 0.4) is 0 Å². The Morgan fingerprint density at radius 2 is 1.76 bits per heavy atom. The van der Waals surface area contributed by atoms with Gasteiger partial charge in [-0.3, -0.25) is 9.59 Å². The minimum atomic E-state index is -0.851. The molecule has 0 bridgehead atoms. The summed E-state index contributed by atoms with van der Waals surface area (Å²) in [5.74, 6) is -0.292. The Labute approximate surface area is 147 Å². The average Bonchev–Trinajstić information content (AvgIpc) is 3.16. The smallest absolute Gasteiger partial charge is 0.253 e. The van der Waals surface area contributed by atoms with Crippen molar-refractivity contribution in [3.05, 3.63) is 65.7 Å². The van der Waals surface area contributed by atoms with Crippen LogP contribution < -0.4 is 5.32 Å². The maximum absolute atomic E-state index is 12.4. The molecule has 1 saturated heterocycles. The molecule has 1 fully saturated rings. The van der Waals surface area contributed by atoms with E-state index in [0.717, 1.165) is 25.9 Å². The van der Waals surface area contributed by atoms with Gasteiger partial charge in [0.1, 0.15) is 0 Å². The van der Waals surface area contributed by atoms with Gasteiger partial charge in [-0.05, 0) is 36.6 Å². The number of likely N-dealkylation sites (tertiary alicyclic amines) is 1. The first kappa shape index (κ1) is 17.2. The van der Waals surface area contributed by atoms with Crippen LogP contribution in [0.15, 0.2) is 54.6 Å². The van der Waals surface area contributed by atoms with Crippen LogP contribution in [0.25, 0.3) is 0 Å². The summed E-state index contributed by atoms with van der Waals surface area (Å²) in [4.78, 5) is 26.4. The second-order valence-electron chi connectivity index (χ2n) is 6.26. The highest BCUT2D eigenvalue weighted by Gasteiger charge is 2.20. The Hall–Kier alpha value is -2.66. The molecule has 1 aliphatic rings. The van der Waals surface area contributed by atoms with Crippen LogP contribution in [0, 0.1) is 0 Å². The predicted molar refractivity (Wildman–Crippen MR) is 96.2 cm³/mol. The van der Waals surface area contributed by atoms with E-state index in [0.29, 0.717) is 16.8 Å². The van der Waals surface area contributed by atoms with E-state index in [1.54, 1.807) is 36.4 Å². The first-order valence-corrected chi connectivity index (χ1v) is 8.56. The molecule has 2 aromatic rings. The van der Waals surface area contributed by atoms with E-state index >= 15 is 0 Å². The molecular weight excluding hydrogens is 316 g/mol. The van der Waals surface area contributed by atoms with Crippen molar-refractivity contribution in [3.63, 3.8) is 0 Å². The molecule has 1 aliphatic heterocycles. The van der Waals surface area contributed by atoms with Crippen molar-refractivity contribution in [2.45, 2.75) is 25.4 Å². The first-order chi connectivity index (χ1) is 12.1. The lowest BCUT2D eigenvalue weighted by atomic mass is 10.1. The number of aliphatic hydroxyl groups excluding tert-OH is 1. The van der Waals surface area contributed by atoms with Crippen molar-refractivity contribution in [1.29, 1.82) is 0 Å².